The largest absolute Gasteiger partial charge is 0.491 e. The Balaban J connectivity index is 1.59. The molecule has 1 fully saturated rings. The van der Waals surface area contributed by atoms with E-state index in [2.05, 4.69) is 18.2 Å². The SMILES string of the molecule is CC(C)Oc1ccc([C@@H]2CCC=C3CCN(S(=O)(=O)Cc4ccccc4)[C@H]32)cc1. The minimum atomic E-state index is -3.38. The van der Waals surface area contributed by atoms with Gasteiger partial charge < -0.3 is 4.74 Å². The molecule has 1 saturated heterocycles. The monoisotopic (exact) mass is 411 g/mol. The van der Waals surface area contributed by atoms with E-state index in [1.807, 2.05) is 56.3 Å². The maximum atomic E-state index is 13.3. The zero-order valence-electron chi connectivity index (χ0n) is 17.1. The number of hydrogen-bond donors (Lipinski definition) is 0. The van der Waals surface area contributed by atoms with Gasteiger partial charge in [0.05, 0.1) is 17.9 Å². The fraction of sp³-hybridized carbons (Fsp3) is 0.417. The average Bonchev–Trinajstić information content (AvgIpc) is 3.14. The second-order valence-electron chi connectivity index (χ2n) is 8.25. The third-order valence-electron chi connectivity index (χ3n) is 5.81. The van der Waals surface area contributed by atoms with Crippen molar-refractivity contribution in [3.63, 3.8) is 0 Å². The molecule has 2 aromatic carbocycles. The van der Waals surface area contributed by atoms with Crippen molar-refractivity contribution in [2.45, 2.75) is 56.9 Å². The van der Waals surface area contributed by atoms with E-state index in [1.165, 1.54) is 11.1 Å². The van der Waals surface area contributed by atoms with Gasteiger partial charge in [-0.25, -0.2) is 8.42 Å². The Kier molecular flexibility index (Phi) is 5.79. The van der Waals surface area contributed by atoms with Crippen LogP contribution in [0, 0.1) is 0 Å². The Morgan fingerprint density at radius 1 is 1.07 bits per heavy atom. The summed E-state index contributed by atoms with van der Waals surface area (Å²) in [5.41, 5.74) is 3.31. The molecule has 1 aliphatic carbocycles. The van der Waals surface area contributed by atoms with Crippen LogP contribution in [0.25, 0.3) is 0 Å². The Morgan fingerprint density at radius 3 is 2.48 bits per heavy atom. The Labute approximate surface area is 174 Å². The number of benzene rings is 2. The standard InChI is InChI=1S/C24H29NO3S/c1-18(2)28-22-13-11-20(12-14-22)23-10-6-9-21-15-16-25(24(21)23)29(26,27)17-19-7-4-3-5-8-19/h3-5,7-9,11-14,18,23-24H,6,10,15-17H2,1-2H3/t23-,24+/m0/s1. The lowest BCUT2D eigenvalue weighted by Gasteiger charge is -2.34. The molecule has 0 spiro atoms. The summed E-state index contributed by atoms with van der Waals surface area (Å²) in [6.07, 6.45) is 5.21. The van der Waals surface area contributed by atoms with Crippen molar-refractivity contribution < 1.29 is 13.2 Å². The third-order valence-corrected chi connectivity index (χ3v) is 7.63. The van der Waals surface area contributed by atoms with E-state index >= 15 is 0 Å². The third kappa shape index (κ3) is 4.41. The maximum Gasteiger partial charge on any atom is 0.218 e. The molecule has 0 bridgehead atoms. The number of nitrogens with zero attached hydrogens (tertiary/aromatic N) is 1. The first-order valence-electron chi connectivity index (χ1n) is 10.4. The number of fused-ring (bicyclic) bond motifs is 1. The minimum absolute atomic E-state index is 0.0608. The van der Waals surface area contributed by atoms with Gasteiger partial charge in [0, 0.05) is 12.5 Å². The predicted molar refractivity (Wildman–Crippen MR) is 116 cm³/mol. The maximum absolute atomic E-state index is 13.3. The summed E-state index contributed by atoms with van der Waals surface area (Å²) in [5, 5.41) is 0. The summed E-state index contributed by atoms with van der Waals surface area (Å²) >= 11 is 0. The van der Waals surface area contributed by atoms with Crippen LogP contribution in [-0.2, 0) is 15.8 Å². The van der Waals surface area contributed by atoms with E-state index < -0.39 is 10.0 Å². The van der Waals surface area contributed by atoms with Gasteiger partial charge in [-0.3, -0.25) is 0 Å². The molecule has 0 aromatic heterocycles. The van der Waals surface area contributed by atoms with Crippen LogP contribution < -0.4 is 4.74 Å². The van der Waals surface area contributed by atoms with Crippen LogP contribution in [0.15, 0.2) is 66.2 Å². The van der Waals surface area contributed by atoms with Gasteiger partial charge in [0.15, 0.2) is 0 Å². The number of rotatable bonds is 6. The zero-order chi connectivity index (χ0) is 20.4. The number of hydrogen-bond acceptors (Lipinski definition) is 3. The lowest BCUT2D eigenvalue weighted by atomic mass is 9.80. The van der Waals surface area contributed by atoms with E-state index in [-0.39, 0.29) is 23.8 Å². The van der Waals surface area contributed by atoms with Crippen LogP contribution in [0.5, 0.6) is 5.75 Å². The second kappa shape index (κ2) is 8.33. The number of allylic oxidation sites excluding steroid dienone is 1. The molecular weight excluding hydrogens is 382 g/mol. The molecule has 5 heteroatoms. The van der Waals surface area contributed by atoms with Gasteiger partial charge in [0.25, 0.3) is 0 Å². The molecule has 29 heavy (non-hydrogen) atoms. The highest BCUT2D eigenvalue weighted by molar-refractivity contribution is 7.88. The molecule has 154 valence electrons. The van der Waals surface area contributed by atoms with E-state index in [9.17, 15) is 8.42 Å². The van der Waals surface area contributed by atoms with Crippen molar-refractivity contribution in [1.82, 2.24) is 4.31 Å². The summed E-state index contributed by atoms with van der Waals surface area (Å²) in [6.45, 7) is 4.61. The first-order chi connectivity index (χ1) is 13.9. The van der Waals surface area contributed by atoms with Gasteiger partial charge in [0.1, 0.15) is 5.75 Å². The van der Waals surface area contributed by atoms with Gasteiger partial charge in [-0.1, -0.05) is 54.1 Å². The molecule has 2 aromatic rings. The predicted octanol–water partition coefficient (Wildman–Crippen LogP) is 4.88. The normalized spacial score (nSPS) is 22.4. The van der Waals surface area contributed by atoms with Crippen molar-refractivity contribution in [1.29, 1.82) is 0 Å². The minimum Gasteiger partial charge on any atom is -0.491 e. The van der Waals surface area contributed by atoms with Gasteiger partial charge >= 0.3 is 0 Å². The first kappa shape index (κ1) is 20.2. The Morgan fingerprint density at radius 2 is 1.79 bits per heavy atom. The summed E-state index contributed by atoms with van der Waals surface area (Å²) < 4.78 is 34.1. The molecule has 0 N–H and O–H groups in total. The van der Waals surface area contributed by atoms with Crippen LogP contribution in [0.3, 0.4) is 0 Å². The first-order valence-corrected chi connectivity index (χ1v) is 12.0. The molecule has 2 atom stereocenters. The highest BCUT2D eigenvalue weighted by Gasteiger charge is 2.43. The van der Waals surface area contributed by atoms with E-state index in [0.717, 1.165) is 30.6 Å². The molecule has 1 heterocycles. The molecule has 2 aliphatic rings. The molecule has 4 rings (SSSR count). The average molecular weight is 412 g/mol. The lowest BCUT2D eigenvalue weighted by Crippen LogP contribution is -2.41. The molecular formula is C24H29NO3S. The summed E-state index contributed by atoms with van der Waals surface area (Å²) in [7, 11) is -3.38. The van der Waals surface area contributed by atoms with Gasteiger partial charge in [-0.2, -0.15) is 4.31 Å². The second-order valence-corrected chi connectivity index (χ2v) is 10.2. The molecule has 4 nitrogen and oxygen atoms in total. The smallest absolute Gasteiger partial charge is 0.218 e. The van der Waals surface area contributed by atoms with Crippen LogP contribution in [0.2, 0.25) is 0 Å². The van der Waals surface area contributed by atoms with Crippen molar-refractivity contribution >= 4 is 10.0 Å². The summed E-state index contributed by atoms with van der Waals surface area (Å²) in [5.74, 6) is 1.11. The zero-order valence-corrected chi connectivity index (χ0v) is 17.9. The highest BCUT2D eigenvalue weighted by Crippen LogP contribution is 2.43. The van der Waals surface area contributed by atoms with Crippen LogP contribution in [-0.4, -0.2) is 31.4 Å². The Hall–Kier alpha value is -2.11. The lowest BCUT2D eigenvalue weighted by molar-refractivity contribution is 0.242. The molecule has 0 saturated carbocycles. The fourth-order valence-electron chi connectivity index (χ4n) is 4.59. The number of sulfonamides is 1. The van der Waals surface area contributed by atoms with Gasteiger partial charge in [-0.05, 0) is 56.4 Å². The fourth-order valence-corrected chi connectivity index (χ4v) is 6.37. The summed E-state index contributed by atoms with van der Waals surface area (Å²) in [6, 6.07) is 17.6. The quantitative estimate of drug-likeness (QED) is 0.637. The van der Waals surface area contributed by atoms with Crippen molar-refractivity contribution in [2.24, 2.45) is 0 Å². The molecule has 1 aliphatic heterocycles. The molecule has 0 amide bonds. The van der Waals surface area contributed by atoms with E-state index in [1.54, 1.807) is 4.31 Å². The highest BCUT2D eigenvalue weighted by atomic mass is 32.2. The Bertz CT molecular complexity index is 965. The number of ether oxygens (including phenoxy) is 1. The van der Waals surface area contributed by atoms with Gasteiger partial charge in [0.2, 0.25) is 10.0 Å². The topological polar surface area (TPSA) is 46.6 Å². The van der Waals surface area contributed by atoms with Crippen LogP contribution in [0.4, 0.5) is 0 Å². The van der Waals surface area contributed by atoms with Crippen LogP contribution >= 0.6 is 0 Å². The molecule has 0 unspecified atom stereocenters. The van der Waals surface area contributed by atoms with Crippen molar-refractivity contribution in [3.05, 3.63) is 77.4 Å². The molecule has 0 radical (unpaired) electrons. The van der Waals surface area contributed by atoms with Gasteiger partial charge in [-0.15, -0.1) is 0 Å². The van der Waals surface area contributed by atoms with Crippen LogP contribution in [0.1, 0.15) is 50.2 Å². The van der Waals surface area contributed by atoms with Crippen molar-refractivity contribution in [2.75, 3.05) is 6.54 Å². The van der Waals surface area contributed by atoms with E-state index in [0.29, 0.717) is 6.54 Å². The van der Waals surface area contributed by atoms with Crippen molar-refractivity contribution in [3.8, 4) is 5.75 Å². The summed E-state index contributed by atoms with van der Waals surface area (Å²) in [4.78, 5) is 0. The van der Waals surface area contributed by atoms with E-state index in [4.69, 9.17) is 4.74 Å².